The molecule has 4 aliphatic rings. The summed E-state index contributed by atoms with van der Waals surface area (Å²) in [5, 5.41) is 15.8. The molecule has 0 aromatic rings. The number of rotatable bonds is 6. The van der Waals surface area contributed by atoms with Crippen LogP contribution in [0.25, 0.3) is 0 Å². The minimum atomic E-state index is -0.388. The lowest BCUT2D eigenvalue weighted by atomic mass is 9.47. The van der Waals surface area contributed by atoms with Crippen LogP contribution in [0.3, 0.4) is 0 Å². The molecule has 4 aliphatic carbocycles. The fraction of sp³-hybridized carbons (Fsp3) is 0.815. The van der Waals surface area contributed by atoms with Crippen LogP contribution >= 0.6 is 0 Å². The number of carbonyl (C=O) groups is 2. The largest absolute Gasteiger partial charge is 0.462 e. The number of ether oxygens (including phenoxy) is 1. The Morgan fingerprint density at radius 1 is 1.20 bits per heavy atom. The summed E-state index contributed by atoms with van der Waals surface area (Å²) in [5.74, 6) is 0.589. The van der Waals surface area contributed by atoms with Crippen molar-refractivity contribution in [2.45, 2.75) is 92.1 Å². The molecule has 8 nitrogen and oxygen atoms in total. The van der Waals surface area contributed by atoms with Crippen molar-refractivity contribution in [1.82, 2.24) is 0 Å². The highest BCUT2D eigenvalue weighted by molar-refractivity contribution is 5.86. The van der Waals surface area contributed by atoms with Gasteiger partial charge < -0.3 is 9.57 Å². The number of fused-ring (bicyclic) bond motifs is 5. The molecule has 0 heterocycles. The Morgan fingerprint density at radius 3 is 2.60 bits per heavy atom. The van der Waals surface area contributed by atoms with Crippen LogP contribution in [0.4, 0.5) is 0 Å². The molecule has 0 bridgehead atoms. The SMILES string of the molecule is CCC(=O)ON=C(C)C1C(C[N+](=O)[O-])CC2C3CC=C4CC(OC(C)=O)CCC4(C)C3CCC21C. The Bertz CT molecular complexity index is 944. The number of allylic oxidation sites excluding steroid dienone is 1. The molecule has 8 heteroatoms. The predicted octanol–water partition coefficient (Wildman–Crippen LogP) is 5.33. The zero-order valence-corrected chi connectivity index (χ0v) is 21.7. The van der Waals surface area contributed by atoms with Gasteiger partial charge in [-0.3, -0.25) is 14.9 Å². The van der Waals surface area contributed by atoms with Crippen LogP contribution in [0.15, 0.2) is 16.8 Å². The van der Waals surface area contributed by atoms with Crippen molar-refractivity contribution >= 4 is 17.7 Å². The molecule has 0 N–H and O–H groups in total. The standard InChI is InChI=1S/C27H40N2O6/c1-6-24(31)35-28-16(2)25-18(15-29(32)33)13-23-21-8-7-19-14-20(34-17(3)30)9-11-26(19,4)22(21)10-12-27(23,25)5/h7,18,20-23,25H,6,8-15H2,1-5H3. The van der Waals surface area contributed by atoms with Crippen molar-refractivity contribution in [3.63, 3.8) is 0 Å². The minimum Gasteiger partial charge on any atom is -0.462 e. The lowest BCUT2D eigenvalue weighted by Gasteiger charge is -2.58. The van der Waals surface area contributed by atoms with Gasteiger partial charge in [-0.15, -0.1) is 0 Å². The number of esters is 1. The smallest absolute Gasteiger partial charge is 0.334 e. The third-order valence-electron chi connectivity index (χ3n) is 9.98. The number of nitro groups is 1. The number of oxime groups is 1. The first kappa shape index (κ1) is 25.8. The summed E-state index contributed by atoms with van der Waals surface area (Å²) in [7, 11) is 0. The fourth-order valence-corrected chi connectivity index (χ4v) is 8.58. The van der Waals surface area contributed by atoms with Crippen molar-refractivity contribution in [3.05, 3.63) is 21.8 Å². The van der Waals surface area contributed by atoms with Crippen molar-refractivity contribution in [2.75, 3.05) is 6.54 Å². The number of nitrogens with zero attached hydrogens (tertiary/aromatic N) is 2. The van der Waals surface area contributed by atoms with E-state index in [9.17, 15) is 19.7 Å². The minimum absolute atomic E-state index is 0.0257. The second-order valence-corrected chi connectivity index (χ2v) is 11.8. The summed E-state index contributed by atoms with van der Waals surface area (Å²) < 4.78 is 5.55. The fourth-order valence-electron chi connectivity index (χ4n) is 8.58. The van der Waals surface area contributed by atoms with Crippen molar-refractivity contribution in [3.8, 4) is 0 Å². The molecule has 0 radical (unpaired) electrons. The molecule has 0 spiro atoms. The van der Waals surface area contributed by atoms with Gasteiger partial charge in [-0.25, -0.2) is 4.79 Å². The Hall–Kier alpha value is -2.25. The third kappa shape index (κ3) is 4.65. The van der Waals surface area contributed by atoms with Gasteiger partial charge in [0.1, 0.15) is 6.10 Å². The molecule has 3 fully saturated rings. The van der Waals surface area contributed by atoms with E-state index in [4.69, 9.17) is 9.57 Å². The Balaban J connectivity index is 1.62. The summed E-state index contributed by atoms with van der Waals surface area (Å²) in [5.41, 5.74) is 2.13. The number of hydrogen-bond donors (Lipinski definition) is 0. The zero-order chi connectivity index (χ0) is 25.5. The Labute approximate surface area is 208 Å². The van der Waals surface area contributed by atoms with E-state index in [2.05, 4.69) is 25.1 Å². The summed E-state index contributed by atoms with van der Waals surface area (Å²) in [4.78, 5) is 39.7. The maximum atomic E-state index is 11.7. The van der Waals surface area contributed by atoms with Gasteiger partial charge in [0.25, 0.3) is 0 Å². The van der Waals surface area contributed by atoms with Crippen LogP contribution in [-0.2, 0) is 19.2 Å². The normalized spacial score (nSPS) is 40.6. The van der Waals surface area contributed by atoms with Crippen molar-refractivity contribution in [1.29, 1.82) is 0 Å². The van der Waals surface area contributed by atoms with Gasteiger partial charge in [-0.1, -0.05) is 37.6 Å². The van der Waals surface area contributed by atoms with Gasteiger partial charge in [0, 0.05) is 36.5 Å². The first-order valence-corrected chi connectivity index (χ1v) is 13.2. The first-order valence-electron chi connectivity index (χ1n) is 13.2. The Kier molecular flexibility index (Phi) is 7.13. The Morgan fingerprint density at radius 2 is 1.94 bits per heavy atom. The number of hydrogen-bond acceptors (Lipinski definition) is 7. The molecule has 8 atom stereocenters. The summed E-state index contributed by atoms with van der Waals surface area (Å²) in [6, 6.07) is 0. The lowest BCUT2D eigenvalue weighted by Crippen LogP contribution is -2.51. The van der Waals surface area contributed by atoms with Gasteiger partial charge in [0.2, 0.25) is 6.54 Å². The van der Waals surface area contributed by atoms with Crippen molar-refractivity contribution in [2.24, 2.45) is 45.6 Å². The van der Waals surface area contributed by atoms with Gasteiger partial charge in [-0.05, 0) is 74.0 Å². The topological polar surface area (TPSA) is 108 Å². The molecule has 0 amide bonds. The second kappa shape index (κ2) is 9.66. The molecular weight excluding hydrogens is 448 g/mol. The van der Waals surface area contributed by atoms with Crippen LogP contribution in [0.5, 0.6) is 0 Å². The first-order chi connectivity index (χ1) is 16.5. The van der Waals surface area contributed by atoms with E-state index in [1.54, 1.807) is 6.92 Å². The van der Waals surface area contributed by atoms with Gasteiger partial charge in [0.15, 0.2) is 0 Å². The summed E-state index contributed by atoms with van der Waals surface area (Å²) >= 11 is 0. The second-order valence-electron chi connectivity index (χ2n) is 11.8. The average Bonchev–Trinajstić information content (AvgIpc) is 3.08. The van der Waals surface area contributed by atoms with Gasteiger partial charge >= 0.3 is 11.9 Å². The molecule has 35 heavy (non-hydrogen) atoms. The van der Waals surface area contributed by atoms with E-state index in [-0.39, 0.29) is 58.6 Å². The molecule has 0 aromatic heterocycles. The summed E-state index contributed by atoms with van der Waals surface area (Å²) in [6.07, 6.45) is 9.18. The van der Waals surface area contributed by atoms with Gasteiger partial charge in [-0.2, -0.15) is 0 Å². The zero-order valence-electron chi connectivity index (χ0n) is 21.7. The highest BCUT2D eigenvalue weighted by atomic mass is 16.7. The van der Waals surface area contributed by atoms with E-state index >= 15 is 0 Å². The monoisotopic (exact) mass is 488 g/mol. The molecule has 8 unspecified atom stereocenters. The summed E-state index contributed by atoms with van der Waals surface area (Å²) in [6.45, 7) is 9.68. The molecular formula is C27H40N2O6. The predicted molar refractivity (Wildman–Crippen MR) is 131 cm³/mol. The maximum Gasteiger partial charge on any atom is 0.334 e. The molecule has 0 aromatic carbocycles. The molecule has 194 valence electrons. The van der Waals surface area contributed by atoms with Gasteiger partial charge in [0.05, 0.1) is 5.71 Å². The van der Waals surface area contributed by atoms with Crippen LogP contribution < -0.4 is 0 Å². The highest BCUT2D eigenvalue weighted by Crippen LogP contribution is 2.67. The van der Waals surface area contributed by atoms with Crippen LogP contribution in [0.2, 0.25) is 0 Å². The highest BCUT2D eigenvalue weighted by Gasteiger charge is 2.62. The molecule has 0 saturated heterocycles. The van der Waals surface area contributed by atoms with E-state index < -0.39 is 0 Å². The van der Waals surface area contributed by atoms with E-state index in [1.165, 1.54) is 12.5 Å². The molecule has 4 rings (SSSR count). The molecule has 3 saturated carbocycles. The quantitative estimate of drug-likeness (QED) is 0.125. The molecule has 0 aliphatic heterocycles. The van der Waals surface area contributed by atoms with E-state index in [0.717, 1.165) is 44.9 Å². The van der Waals surface area contributed by atoms with E-state index in [0.29, 0.717) is 23.5 Å². The van der Waals surface area contributed by atoms with Crippen LogP contribution in [0.1, 0.15) is 86.0 Å². The average molecular weight is 489 g/mol. The van der Waals surface area contributed by atoms with Crippen LogP contribution in [-0.4, -0.2) is 35.2 Å². The van der Waals surface area contributed by atoms with E-state index in [1.807, 2.05) is 6.92 Å². The van der Waals surface area contributed by atoms with Crippen LogP contribution in [0, 0.1) is 50.5 Å². The number of carbonyl (C=O) groups excluding carboxylic acids is 2. The maximum absolute atomic E-state index is 11.7. The lowest BCUT2D eigenvalue weighted by molar-refractivity contribution is -0.489. The van der Waals surface area contributed by atoms with Crippen molar-refractivity contribution < 1.29 is 24.1 Å². The third-order valence-corrected chi connectivity index (χ3v) is 9.98.